The lowest BCUT2D eigenvalue weighted by molar-refractivity contribution is 0.0950. The first-order valence-corrected chi connectivity index (χ1v) is 7.88. The second-order valence-corrected chi connectivity index (χ2v) is 5.69. The van der Waals surface area contributed by atoms with Gasteiger partial charge in [-0.2, -0.15) is 0 Å². The van der Waals surface area contributed by atoms with E-state index in [1.165, 1.54) is 0 Å². The molecule has 0 saturated heterocycles. The van der Waals surface area contributed by atoms with E-state index in [1.807, 2.05) is 31.2 Å². The minimum Gasteiger partial charge on any atom is -0.493 e. The molecule has 1 aliphatic rings. The number of benzene rings is 2. The Labute approximate surface area is 141 Å². The van der Waals surface area contributed by atoms with Gasteiger partial charge in [0.05, 0.1) is 20.8 Å². The molecule has 0 unspecified atom stereocenters. The van der Waals surface area contributed by atoms with Gasteiger partial charge in [-0.05, 0) is 47.9 Å². The molecule has 3 rings (SSSR count). The van der Waals surface area contributed by atoms with Crippen LogP contribution in [0.4, 0.5) is 0 Å². The minimum atomic E-state index is -0.0983. The highest BCUT2D eigenvalue weighted by Gasteiger charge is 2.16. The number of carbonyl (C=O) groups excluding carboxylic acids is 1. The summed E-state index contributed by atoms with van der Waals surface area (Å²) in [6.07, 6.45) is 0.852. The highest BCUT2D eigenvalue weighted by molar-refractivity contribution is 5.94. The Morgan fingerprint density at radius 1 is 1.21 bits per heavy atom. The van der Waals surface area contributed by atoms with Gasteiger partial charge in [0.2, 0.25) is 0 Å². The van der Waals surface area contributed by atoms with E-state index in [2.05, 4.69) is 5.32 Å². The van der Waals surface area contributed by atoms with Crippen molar-refractivity contribution in [1.29, 1.82) is 0 Å². The first-order chi connectivity index (χ1) is 11.6. The van der Waals surface area contributed by atoms with E-state index >= 15 is 0 Å². The van der Waals surface area contributed by atoms with E-state index in [0.29, 0.717) is 30.2 Å². The van der Waals surface area contributed by atoms with Crippen LogP contribution in [0.5, 0.6) is 17.2 Å². The molecule has 126 valence electrons. The Balaban J connectivity index is 1.72. The summed E-state index contributed by atoms with van der Waals surface area (Å²) in [7, 11) is 3.22. The lowest BCUT2D eigenvalue weighted by Crippen LogP contribution is -2.23. The van der Waals surface area contributed by atoms with Crippen LogP contribution in [0.2, 0.25) is 0 Å². The predicted molar refractivity (Wildman–Crippen MR) is 91.1 cm³/mol. The summed E-state index contributed by atoms with van der Waals surface area (Å²) in [6.45, 7) is 3.07. The second kappa shape index (κ2) is 6.83. The third-order valence-electron chi connectivity index (χ3n) is 4.30. The molecule has 1 heterocycles. The summed E-state index contributed by atoms with van der Waals surface area (Å²) in [5.74, 6) is 2.16. The van der Waals surface area contributed by atoms with Gasteiger partial charge < -0.3 is 19.5 Å². The standard InChI is InChI=1S/C19H21NO4/c1-12-15(5-7-17(22-2)18(12)23-3)11-20-19(21)14-4-6-16-13(10-14)8-9-24-16/h4-7,10H,8-9,11H2,1-3H3,(H,20,21). The molecule has 0 saturated carbocycles. The number of nitrogens with one attached hydrogen (secondary N) is 1. The highest BCUT2D eigenvalue weighted by atomic mass is 16.5. The van der Waals surface area contributed by atoms with Crippen LogP contribution in [0, 0.1) is 6.92 Å². The maximum absolute atomic E-state index is 12.4. The van der Waals surface area contributed by atoms with Crippen molar-refractivity contribution in [2.75, 3.05) is 20.8 Å². The van der Waals surface area contributed by atoms with Crippen molar-refractivity contribution in [3.05, 3.63) is 52.6 Å². The van der Waals surface area contributed by atoms with Gasteiger partial charge in [0.1, 0.15) is 5.75 Å². The van der Waals surface area contributed by atoms with E-state index in [9.17, 15) is 4.79 Å². The topological polar surface area (TPSA) is 56.8 Å². The van der Waals surface area contributed by atoms with E-state index < -0.39 is 0 Å². The van der Waals surface area contributed by atoms with Crippen molar-refractivity contribution in [3.63, 3.8) is 0 Å². The Kier molecular flexibility index (Phi) is 4.60. The molecule has 0 bridgehead atoms. The molecule has 2 aromatic rings. The highest BCUT2D eigenvalue weighted by Crippen LogP contribution is 2.32. The molecular formula is C19H21NO4. The number of rotatable bonds is 5. The number of methoxy groups -OCH3 is 2. The number of hydrogen-bond donors (Lipinski definition) is 1. The predicted octanol–water partition coefficient (Wildman–Crippen LogP) is 2.88. The van der Waals surface area contributed by atoms with Gasteiger partial charge in [0.15, 0.2) is 11.5 Å². The molecule has 0 atom stereocenters. The maximum atomic E-state index is 12.4. The molecule has 0 aliphatic carbocycles. The molecule has 0 radical (unpaired) electrons. The Bertz CT molecular complexity index is 770. The molecule has 5 nitrogen and oxygen atoms in total. The summed E-state index contributed by atoms with van der Waals surface area (Å²) in [6, 6.07) is 9.34. The first kappa shape index (κ1) is 16.2. The quantitative estimate of drug-likeness (QED) is 0.917. The van der Waals surface area contributed by atoms with Gasteiger partial charge in [-0.25, -0.2) is 0 Å². The molecule has 5 heteroatoms. The first-order valence-electron chi connectivity index (χ1n) is 7.88. The van der Waals surface area contributed by atoms with Gasteiger partial charge in [-0.1, -0.05) is 6.07 Å². The van der Waals surface area contributed by atoms with Crippen LogP contribution in [0.1, 0.15) is 27.0 Å². The fraction of sp³-hybridized carbons (Fsp3) is 0.316. The van der Waals surface area contributed by atoms with Crippen LogP contribution in [-0.2, 0) is 13.0 Å². The normalized spacial score (nSPS) is 12.3. The third-order valence-corrected chi connectivity index (χ3v) is 4.30. The van der Waals surface area contributed by atoms with Crippen molar-refractivity contribution in [2.24, 2.45) is 0 Å². The molecule has 0 fully saturated rings. The molecule has 24 heavy (non-hydrogen) atoms. The molecule has 1 amide bonds. The third kappa shape index (κ3) is 3.02. The van der Waals surface area contributed by atoms with Crippen LogP contribution in [-0.4, -0.2) is 26.7 Å². The molecular weight excluding hydrogens is 306 g/mol. The number of amides is 1. The van der Waals surface area contributed by atoms with Gasteiger partial charge in [0.25, 0.3) is 5.91 Å². The van der Waals surface area contributed by atoms with Crippen LogP contribution in [0.25, 0.3) is 0 Å². The summed E-state index contributed by atoms with van der Waals surface area (Å²) < 4.78 is 16.2. The van der Waals surface area contributed by atoms with E-state index in [-0.39, 0.29) is 5.91 Å². The van der Waals surface area contributed by atoms with E-state index in [0.717, 1.165) is 28.9 Å². The zero-order chi connectivity index (χ0) is 17.1. The van der Waals surface area contributed by atoms with E-state index in [1.54, 1.807) is 20.3 Å². The van der Waals surface area contributed by atoms with Gasteiger partial charge in [-0.15, -0.1) is 0 Å². The fourth-order valence-electron chi connectivity index (χ4n) is 2.92. The second-order valence-electron chi connectivity index (χ2n) is 5.69. The maximum Gasteiger partial charge on any atom is 0.251 e. The lowest BCUT2D eigenvalue weighted by atomic mass is 10.1. The largest absolute Gasteiger partial charge is 0.493 e. The van der Waals surface area contributed by atoms with Crippen molar-refractivity contribution in [2.45, 2.75) is 19.9 Å². The monoisotopic (exact) mass is 327 g/mol. The molecule has 2 aromatic carbocycles. The average molecular weight is 327 g/mol. The summed E-state index contributed by atoms with van der Waals surface area (Å²) in [5.41, 5.74) is 3.69. The Hall–Kier alpha value is -2.69. The lowest BCUT2D eigenvalue weighted by Gasteiger charge is -2.15. The van der Waals surface area contributed by atoms with Crippen molar-refractivity contribution in [1.82, 2.24) is 5.32 Å². The molecule has 1 N–H and O–H groups in total. The Morgan fingerprint density at radius 2 is 2.04 bits per heavy atom. The van der Waals surface area contributed by atoms with Crippen LogP contribution in [0.15, 0.2) is 30.3 Å². The number of ether oxygens (including phenoxy) is 3. The van der Waals surface area contributed by atoms with Crippen LogP contribution < -0.4 is 19.5 Å². The van der Waals surface area contributed by atoms with Crippen LogP contribution >= 0.6 is 0 Å². The number of carbonyl (C=O) groups is 1. The average Bonchev–Trinajstić information content (AvgIpc) is 3.07. The van der Waals surface area contributed by atoms with Crippen molar-refractivity contribution < 1.29 is 19.0 Å². The Morgan fingerprint density at radius 3 is 2.79 bits per heavy atom. The molecule has 0 aromatic heterocycles. The smallest absolute Gasteiger partial charge is 0.251 e. The van der Waals surface area contributed by atoms with Gasteiger partial charge in [0, 0.05) is 18.5 Å². The molecule has 1 aliphatic heterocycles. The molecule has 0 spiro atoms. The summed E-state index contributed by atoms with van der Waals surface area (Å²) in [5, 5.41) is 2.96. The minimum absolute atomic E-state index is 0.0983. The SMILES string of the molecule is COc1ccc(CNC(=O)c2ccc3c(c2)CCO3)c(C)c1OC. The van der Waals surface area contributed by atoms with Gasteiger partial charge >= 0.3 is 0 Å². The van der Waals surface area contributed by atoms with Crippen LogP contribution in [0.3, 0.4) is 0 Å². The van der Waals surface area contributed by atoms with E-state index in [4.69, 9.17) is 14.2 Å². The van der Waals surface area contributed by atoms with Crippen molar-refractivity contribution in [3.8, 4) is 17.2 Å². The zero-order valence-electron chi connectivity index (χ0n) is 14.1. The van der Waals surface area contributed by atoms with Crippen molar-refractivity contribution >= 4 is 5.91 Å². The fourth-order valence-corrected chi connectivity index (χ4v) is 2.92. The summed E-state index contributed by atoms with van der Waals surface area (Å²) >= 11 is 0. The number of fused-ring (bicyclic) bond motifs is 1. The zero-order valence-corrected chi connectivity index (χ0v) is 14.1. The number of hydrogen-bond acceptors (Lipinski definition) is 4. The summed E-state index contributed by atoms with van der Waals surface area (Å²) in [4.78, 5) is 12.4. The van der Waals surface area contributed by atoms with Gasteiger partial charge in [-0.3, -0.25) is 4.79 Å².